The number of nitrogens with one attached hydrogen (secondary N) is 1. The summed E-state index contributed by atoms with van der Waals surface area (Å²) >= 11 is 0. The summed E-state index contributed by atoms with van der Waals surface area (Å²) in [6.07, 6.45) is -1.98. The Morgan fingerprint density at radius 3 is 1.51 bits per heavy atom. The minimum absolute atomic E-state index is 0.0380. The number of carbonyl (C=O) groups excluding carboxylic acids is 1. The van der Waals surface area contributed by atoms with E-state index in [0.717, 1.165) is 33.4 Å². The van der Waals surface area contributed by atoms with Gasteiger partial charge in [0, 0.05) is 12.6 Å². The second-order valence-corrected chi connectivity index (χ2v) is 16.3. The van der Waals surface area contributed by atoms with Crippen molar-refractivity contribution in [3.63, 3.8) is 0 Å². The van der Waals surface area contributed by atoms with Crippen molar-refractivity contribution in [1.82, 2.24) is 9.55 Å². The van der Waals surface area contributed by atoms with E-state index in [1.165, 1.54) is 4.57 Å². The molecule has 3 atom stereocenters. The Labute approximate surface area is 400 Å². The normalized spacial score (nSPS) is 15.7. The molecule has 0 amide bonds. The molecule has 1 aliphatic heterocycles. The minimum Gasteiger partial charge on any atom is -0.497 e. The largest absolute Gasteiger partial charge is 0.497 e. The summed E-state index contributed by atoms with van der Waals surface area (Å²) in [5, 5.41) is 13.0. The Hall–Kier alpha value is -7.94. The molecule has 0 bridgehead atoms. The highest BCUT2D eigenvalue weighted by molar-refractivity contribution is 5.76. The quantitative estimate of drug-likeness (QED) is 0.0551. The van der Waals surface area contributed by atoms with Gasteiger partial charge in [-0.3, -0.25) is 14.2 Å². The number of methoxy groups -OCH3 is 4. The summed E-state index contributed by atoms with van der Waals surface area (Å²) in [7, 11) is 6.41. The molecular formula is C55H53N3O11. The summed E-state index contributed by atoms with van der Waals surface area (Å²) in [6, 6.07) is 51.7. The molecule has 1 saturated heterocycles. The molecule has 0 aliphatic carbocycles. The third-order valence-corrected chi connectivity index (χ3v) is 12.4. The maximum atomic E-state index is 14.4. The fourth-order valence-electron chi connectivity index (χ4n) is 8.84. The van der Waals surface area contributed by atoms with Gasteiger partial charge in [0.2, 0.25) is 0 Å². The van der Waals surface area contributed by atoms with Gasteiger partial charge in [-0.1, -0.05) is 109 Å². The Bertz CT molecular complexity index is 2760. The van der Waals surface area contributed by atoms with Crippen molar-refractivity contribution < 1.29 is 47.9 Å². The van der Waals surface area contributed by atoms with Crippen LogP contribution in [-0.4, -0.2) is 73.9 Å². The van der Waals surface area contributed by atoms with Gasteiger partial charge >= 0.3 is 17.6 Å². The highest BCUT2D eigenvalue weighted by Gasteiger charge is 2.44. The predicted octanol–water partition coefficient (Wildman–Crippen LogP) is 8.75. The maximum absolute atomic E-state index is 14.4. The van der Waals surface area contributed by atoms with E-state index in [-0.39, 0.29) is 25.3 Å². The highest BCUT2D eigenvalue weighted by atomic mass is 16.6. The number of benzene rings is 6. The van der Waals surface area contributed by atoms with E-state index in [2.05, 4.69) is 10.3 Å². The number of carboxylic acid groups (broad SMARTS) is 1. The molecule has 7 aromatic rings. The lowest BCUT2D eigenvalue weighted by Gasteiger charge is -2.37. The van der Waals surface area contributed by atoms with E-state index in [0.29, 0.717) is 23.0 Å². The highest BCUT2D eigenvalue weighted by Crippen LogP contribution is 2.44. The van der Waals surface area contributed by atoms with Gasteiger partial charge in [0.25, 0.3) is 0 Å². The molecule has 354 valence electrons. The zero-order valence-corrected chi connectivity index (χ0v) is 38.7. The predicted molar refractivity (Wildman–Crippen MR) is 258 cm³/mol. The zero-order chi connectivity index (χ0) is 48.4. The number of carbonyl (C=O) groups is 2. The van der Waals surface area contributed by atoms with Gasteiger partial charge in [-0.05, 0) is 88.0 Å². The van der Waals surface area contributed by atoms with Crippen LogP contribution in [0.15, 0.2) is 175 Å². The SMILES string of the molecule is COc1ccc(C(Nc2ccn([C@H]3C[C@H](OC(=O)CCC(=O)O)[C@@H](COC(c4ccccc4)(c4ccc(OC)cc4)c4ccc(OC)cc4)O3)c(=O)n2)(c2ccccc2)c2ccc(OC)cc2)cc1. The smallest absolute Gasteiger partial charge is 0.351 e. The summed E-state index contributed by atoms with van der Waals surface area (Å²) in [5.41, 5.74) is 1.94. The zero-order valence-electron chi connectivity index (χ0n) is 38.7. The third-order valence-electron chi connectivity index (χ3n) is 12.4. The van der Waals surface area contributed by atoms with Crippen LogP contribution in [0.4, 0.5) is 5.82 Å². The molecule has 2 heterocycles. The molecule has 0 radical (unpaired) electrons. The van der Waals surface area contributed by atoms with Crippen LogP contribution in [0.1, 0.15) is 58.9 Å². The first-order valence-electron chi connectivity index (χ1n) is 22.4. The number of rotatable bonds is 20. The van der Waals surface area contributed by atoms with Gasteiger partial charge in [0.15, 0.2) is 0 Å². The second-order valence-electron chi connectivity index (χ2n) is 16.3. The topological polar surface area (TPSA) is 166 Å². The van der Waals surface area contributed by atoms with Crippen LogP contribution in [0.2, 0.25) is 0 Å². The van der Waals surface area contributed by atoms with Crippen molar-refractivity contribution in [2.75, 3.05) is 40.4 Å². The molecule has 1 fully saturated rings. The van der Waals surface area contributed by atoms with Crippen LogP contribution in [-0.2, 0) is 34.9 Å². The van der Waals surface area contributed by atoms with Crippen molar-refractivity contribution in [2.24, 2.45) is 0 Å². The van der Waals surface area contributed by atoms with Gasteiger partial charge in [0.05, 0.1) is 47.9 Å². The van der Waals surface area contributed by atoms with Crippen LogP contribution in [0, 0.1) is 0 Å². The van der Waals surface area contributed by atoms with E-state index in [9.17, 15) is 19.5 Å². The maximum Gasteiger partial charge on any atom is 0.351 e. The van der Waals surface area contributed by atoms with E-state index >= 15 is 0 Å². The van der Waals surface area contributed by atoms with Gasteiger partial charge in [-0.25, -0.2) is 4.79 Å². The average molecular weight is 932 g/mol. The molecular weight excluding hydrogens is 879 g/mol. The van der Waals surface area contributed by atoms with E-state index in [1.807, 2.05) is 158 Å². The van der Waals surface area contributed by atoms with Crippen molar-refractivity contribution >= 4 is 17.8 Å². The molecule has 14 nitrogen and oxygen atoms in total. The van der Waals surface area contributed by atoms with Gasteiger partial charge in [-0.2, -0.15) is 4.98 Å². The number of nitrogens with zero attached hydrogens (tertiary/aromatic N) is 2. The molecule has 69 heavy (non-hydrogen) atoms. The number of aromatic nitrogens is 2. The first kappa shape index (κ1) is 47.5. The fourth-order valence-corrected chi connectivity index (χ4v) is 8.84. The van der Waals surface area contributed by atoms with Crippen LogP contribution in [0.5, 0.6) is 23.0 Å². The lowest BCUT2D eigenvalue weighted by atomic mass is 9.77. The number of carboxylic acids is 1. The molecule has 0 spiro atoms. The fraction of sp³-hybridized carbons (Fsp3) is 0.236. The monoisotopic (exact) mass is 931 g/mol. The lowest BCUT2D eigenvalue weighted by Crippen LogP contribution is -2.39. The molecule has 1 aromatic heterocycles. The van der Waals surface area contributed by atoms with Crippen LogP contribution in [0.3, 0.4) is 0 Å². The first-order chi connectivity index (χ1) is 33.6. The third kappa shape index (κ3) is 10.2. The summed E-state index contributed by atoms with van der Waals surface area (Å²) in [4.78, 5) is 43.6. The Morgan fingerprint density at radius 2 is 1.06 bits per heavy atom. The van der Waals surface area contributed by atoms with E-state index in [1.54, 1.807) is 40.7 Å². The number of hydrogen-bond acceptors (Lipinski definition) is 12. The number of anilines is 1. The van der Waals surface area contributed by atoms with Gasteiger partial charge < -0.3 is 43.6 Å². The summed E-state index contributed by atoms with van der Waals surface area (Å²) < 4.78 is 43.2. The molecule has 0 unspecified atom stereocenters. The van der Waals surface area contributed by atoms with Gasteiger partial charge in [0.1, 0.15) is 58.4 Å². The molecule has 0 saturated carbocycles. The van der Waals surface area contributed by atoms with E-state index in [4.69, 9.17) is 33.2 Å². The van der Waals surface area contributed by atoms with Crippen molar-refractivity contribution in [1.29, 1.82) is 0 Å². The Balaban J connectivity index is 1.16. The van der Waals surface area contributed by atoms with Gasteiger partial charge in [-0.15, -0.1) is 0 Å². The molecule has 14 heteroatoms. The summed E-state index contributed by atoms with van der Waals surface area (Å²) in [6.45, 7) is -0.133. The molecule has 1 aliphatic rings. The van der Waals surface area contributed by atoms with Crippen molar-refractivity contribution in [3.05, 3.63) is 214 Å². The van der Waals surface area contributed by atoms with Crippen LogP contribution >= 0.6 is 0 Å². The number of hydrogen-bond donors (Lipinski definition) is 2. The first-order valence-corrected chi connectivity index (χ1v) is 22.4. The van der Waals surface area contributed by atoms with E-state index < -0.39 is 53.6 Å². The Morgan fingerprint density at radius 1 is 0.623 bits per heavy atom. The number of aliphatic carboxylic acids is 1. The van der Waals surface area contributed by atoms with Crippen molar-refractivity contribution in [2.45, 2.75) is 48.8 Å². The number of ether oxygens (including phenoxy) is 7. The standard InChI is InChI=1S/C55H53N3O11/c1-63-43-23-15-38(16-24-43)54(37-11-7-5-8-12-37,39-17-25-44(64-2)26-18-39)57-49-33-34-58(53(62)56-49)50-35-47(69-52(61)32-31-51(59)60)48(68-50)36-67-55(40-13-9-6-10-14-40,41-19-27-45(65-3)28-20-41)42-21-29-46(66-4)30-22-42/h5-30,33-34,47-48,50H,31-32,35-36H2,1-4H3,(H,59,60)(H,56,57,62)/t47-,48+,50+/m0/s1. The van der Waals surface area contributed by atoms with Crippen LogP contribution < -0.4 is 30.0 Å². The molecule has 6 aromatic carbocycles. The minimum atomic E-state index is -1.25. The van der Waals surface area contributed by atoms with Crippen LogP contribution in [0.25, 0.3) is 0 Å². The second kappa shape index (κ2) is 21.3. The Kier molecular flexibility index (Phi) is 14.7. The lowest BCUT2D eigenvalue weighted by molar-refractivity contribution is -0.157. The molecule has 8 rings (SSSR count). The van der Waals surface area contributed by atoms with Crippen molar-refractivity contribution in [3.8, 4) is 23.0 Å². The molecule has 2 N–H and O–H groups in total. The summed E-state index contributed by atoms with van der Waals surface area (Å²) in [5.74, 6) is 1.06. The average Bonchev–Trinajstić information content (AvgIpc) is 3.79. The number of esters is 1.